The Morgan fingerprint density at radius 2 is 1.92 bits per heavy atom. The highest BCUT2D eigenvalue weighted by Gasteiger charge is 2.47. The van der Waals surface area contributed by atoms with Crippen LogP contribution in [0.4, 0.5) is 20.0 Å². The van der Waals surface area contributed by atoms with E-state index in [9.17, 15) is 9.18 Å². The van der Waals surface area contributed by atoms with Crippen molar-refractivity contribution in [2.24, 2.45) is 5.92 Å². The number of hydrogen-bond donors (Lipinski definition) is 0. The van der Waals surface area contributed by atoms with Gasteiger partial charge in [-0.05, 0) is 88.0 Å². The summed E-state index contributed by atoms with van der Waals surface area (Å²) in [5.74, 6) is 0.537. The monoisotopic (exact) mass is 526 g/mol. The standard InChI is InChI=1S/C28H39FN6OS/c1-31(2)27(36)35-20-28(24-17-22(29)3-4-25(24)35)8-14-33(15-9-28)23-6-11-32(12-7-23)18-21-5-13-34(19-21)26-30-10-16-37-26/h3-4,10,16-17,21,23H,5-9,11-15,18-20H2,1-2H3. The number of piperidine rings is 2. The van der Waals surface area contributed by atoms with Gasteiger partial charge in [-0.3, -0.25) is 4.90 Å². The van der Waals surface area contributed by atoms with Crippen LogP contribution in [0.5, 0.6) is 0 Å². The summed E-state index contributed by atoms with van der Waals surface area (Å²) in [4.78, 5) is 28.7. The van der Waals surface area contributed by atoms with Crippen molar-refractivity contribution < 1.29 is 9.18 Å². The van der Waals surface area contributed by atoms with Gasteiger partial charge in [0.15, 0.2) is 5.13 Å². The highest BCUT2D eigenvalue weighted by atomic mass is 32.1. The number of urea groups is 1. The van der Waals surface area contributed by atoms with Crippen LogP contribution in [-0.2, 0) is 5.41 Å². The number of nitrogens with zero attached hydrogens (tertiary/aromatic N) is 6. The van der Waals surface area contributed by atoms with Crippen LogP contribution in [0.2, 0.25) is 0 Å². The Morgan fingerprint density at radius 3 is 2.62 bits per heavy atom. The topological polar surface area (TPSA) is 46.2 Å². The fourth-order valence-corrected chi connectivity index (χ4v) is 7.84. The fourth-order valence-electron chi connectivity index (χ4n) is 7.16. The number of hydrogen-bond acceptors (Lipinski definition) is 6. The van der Waals surface area contributed by atoms with Crippen LogP contribution in [0, 0.1) is 11.7 Å². The van der Waals surface area contributed by atoms with Gasteiger partial charge in [-0.1, -0.05) is 0 Å². The zero-order valence-electron chi connectivity index (χ0n) is 22.1. The molecule has 5 heterocycles. The van der Waals surface area contributed by atoms with Crippen LogP contribution in [0.25, 0.3) is 0 Å². The Kier molecular flexibility index (Phi) is 6.88. The van der Waals surface area contributed by atoms with Gasteiger partial charge in [-0.2, -0.15) is 0 Å². The van der Waals surface area contributed by atoms with E-state index in [-0.39, 0.29) is 17.3 Å². The molecule has 9 heteroatoms. The maximum absolute atomic E-state index is 14.3. The lowest BCUT2D eigenvalue weighted by molar-refractivity contribution is 0.0672. The minimum Gasteiger partial charge on any atom is -0.348 e. The van der Waals surface area contributed by atoms with Crippen molar-refractivity contribution in [2.75, 3.05) is 76.3 Å². The second-order valence-electron chi connectivity index (χ2n) is 11.7. The summed E-state index contributed by atoms with van der Waals surface area (Å²) >= 11 is 1.75. The van der Waals surface area contributed by atoms with Crippen molar-refractivity contribution in [3.05, 3.63) is 41.2 Å². The predicted octanol–water partition coefficient (Wildman–Crippen LogP) is 4.11. The lowest BCUT2D eigenvalue weighted by atomic mass is 9.74. The van der Waals surface area contributed by atoms with Crippen molar-refractivity contribution >= 4 is 28.2 Å². The van der Waals surface area contributed by atoms with Crippen molar-refractivity contribution in [1.82, 2.24) is 19.7 Å². The zero-order chi connectivity index (χ0) is 25.6. The van der Waals surface area contributed by atoms with E-state index in [2.05, 4.69) is 25.1 Å². The Balaban J connectivity index is 1.02. The average molecular weight is 527 g/mol. The SMILES string of the molecule is CN(C)C(=O)N1CC2(CCN(C3CCN(CC4CCN(c5nccs5)C4)CC3)CC2)c2cc(F)ccc21. The number of halogens is 1. The number of carbonyl (C=O) groups excluding carboxylic acids is 1. The molecule has 1 spiro atoms. The molecular formula is C28H39FN6OS. The molecule has 1 unspecified atom stereocenters. The van der Waals surface area contributed by atoms with Gasteiger partial charge in [0.25, 0.3) is 0 Å². The zero-order valence-corrected chi connectivity index (χ0v) is 22.9. The number of amides is 2. The summed E-state index contributed by atoms with van der Waals surface area (Å²) in [6.45, 7) is 8.54. The molecule has 4 aliphatic rings. The quantitative estimate of drug-likeness (QED) is 0.600. The number of benzene rings is 1. The van der Waals surface area contributed by atoms with E-state index in [4.69, 9.17) is 0 Å². The van der Waals surface area contributed by atoms with Crippen LogP contribution in [-0.4, -0.2) is 98.2 Å². The van der Waals surface area contributed by atoms with Gasteiger partial charge in [0.05, 0.1) is 0 Å². The molecule has 4 aliphatic heterocycles. The van der Waals surface area contributed by atoms with Gasteiger partial charge < -0.3 is 19.6 Å². The molecule has 2 amide bonds. The van der Waals surface area contributed by atoms with E-state index < -0.39 is 0 Å². The summed E-state index contributed by atoms with van der Waals surface area (Å²) < 4.78 is 14.3. The van der Waals surface area contributed by atoms with Crippen LogP contribution in [0.1, 0.15) is 37.7 Å². The van der Waals surface area contributed by atoms with Crippen molar-refractivity contribution in [3.63, 3.8) is 0 Å². The summed E-state index contributed by atoms with van der Waals surface area (Å²) in [6, 6.07) is 5.58. The number of fused-ring (bicyclic) bond motifs is 2. The molecule has 0 aliphatic carbocycles. The Labute approximate surface area is 223 Å². The normalized spacial score (nSPS) is 24.7. The molecule has 1 aromatic carbocycles. The molecule has 1 aromatic heterocycles. The third kappa shape index (κ3) is 4.86. The van der Waals surface area contributed by atoms with Crippen LogP contribution in [0.15, 0.2) is 29.8 Å². The van der Waals surface area contributed by atoms with Gasteiger partial charge in [0, 0.05) is 69.0 Å². The third-order valence-corrected chi connectivity index (χ3v) is 10.0. The predicted molar refractivity (Wildman–Crippen MR) is 147 cm³/mol. The molecule has 37 heavy (non-hydrogen) atoms. The van der Waals surface area contributed by atoms with E-state index in [1.54, 1.807) is 42.5 Å². The number of carbonyl (C=O) groups is 1. The van der Waals surface area contributed by atoms with Gasteiger partial charge in [0.1, 0.15) is 5.82 Å². The Hall–Kier alpha value is -2.23. The van der Waals surface area contributed by atoms with Crippen molar-refractivity contribution in [1.29, 1.82) is 0 Å². The molecule has 6 rings (SSSR count). The highest BCUT2D eigenvalue weighted by Crippen LogP contribution is 2.48. The van der Waals surface area contributed by atoms with Crippen LogP contribution < -0.4 is 9.80 Å². The molecule has 0 N–H and O–H groups in total. The van der Waals surface area contributed by atoms with Gasteiger partial charge in [-0.25, -0.2) is 14.2 Å². The number of likely N-dealkylation sites (tertiary alicyclic amines) is 2. The molecule has 3 fully saturated rings. The minimum atomic E-state index is -0.205. The van der Waals surface area contributed by atoms with E-state index in [0.29, 0.717) is 12.6 Å². The number of aromatic nitrogens is 1. The van der Waals surface area contributed by atoms with Crippen LogP contribution >= 0.6 is 11.3 Å². The van der Waals surface area contributed by atoms with Gasteiger partial charge in [-0.15, -0.1) is 11.3 Å². The fraction of sp³-hybridized carbons (Fsp3) is 0.643. The second kappa shape index (κ2) is 10.2. The smallest absolute Gasteiger partial charge is 0.323 e. The first-order chi connectivity index (χ1) is 17.9. The molecule has 3 saturated heterocycles. The molecule has 0 radical (unpaired) electrons. The molecule has 0 saturated carbocycles. The van der Waals surface area contributed by atoms with Crippen molar-refractivity contribution in [3.8, 4) is 0 Å². The van der Waals surface area contributed by atoms with Gasteiger partial charge >= 0.3 is 6.03 Å². The summed E-state index contributed by atoms with van der Waals surface area (Å²) in [6.07, 6.45) is 7.59. The second-order valence-corrected chi connectivity index (χ2v) is 12.6. The third-order valence-electron chi connectivity index (χ3n) is 9.22. The first-order valence-electron chi connectivity index (χ1n) is 13.8. The molecule has 1 atom stereocenters. The van der Waals surface area contributed by atoms with Crippen LogP contribution in [0.3, 0.4) is 0 Å². The number of thiazole rings is 1. The first-order valence-corrected chi connectivity index (χ1v) is 14.7. The minimum absolute atomic E-state index is 0.0171. The van der Waals surface area contributed by atoms with E-state index in [1.807, 2.05) is 11.1 Å². The Bertz CT molecular complexity index is 1090. The molecule has 200 valence electrons. The molecule has 0 bridgehead atoms. The molecular weight excluding hydrogens is 487 g/mol. The molecule has 7 nitrogen and oxygen atoms in total. The summed E-state index contributed by atoms with van der Waals surface area (Å²) in [7, 11) is 3.57. The van der Waals surface area contributed by atoms with Gasteiger partial charge in [0.2, 0.25) is 0 Å². The number of rotatable bonds is 4. The van der Waals surface area contributed by atoms with Crippen molar-refractivity contribution in [2.45, 2.75) is 43.6 Å². The van der Waals surface area contributed by atoms with E-state index >= 15 is 0 Å². The average Bonchev–Trinajstić information content (AvgIpc) is 3.65. The lowest BCUT2D eigenvalue weighted by Crippen LogP contribution is -2.52. The largest absolute Gasteiger partial charge is 0.348 e. The maximum atomic E-state index is 14.3. The maximum Gasteiger partial charge on any atom is 0.323 e. The highest BCUT2D eigenvalue weighted by molar-refractivity contribution is 7.13. The lowest BCUT2D eigenvalue weighted by Gasteiger charge is -2.45. The molecule has 2 aromatic rings. The summed E-state index contributed by atoms with van der Waals surface area (Å²) in [5, 5.41) is 3.24. The first kappa shape index (κ1) is 25.1. The number of anilines is 2. The Morgan fingerprint density at radius 1 is 1.14 bits per heavy atom. The van der Waals surface area contributed by atoms with E-state index in [0.717, 1.165) is 56.2 Å². The van der Waals surface area contributed by atoms with E-state index in [1.165, 1.54) is 50.1 Å². The summed E-state index contributed by atoms with van der Waals surface area (Å²) in [5.41, 5.74) is 1.79.